The van der Waals surface area contributed by atoms with Crippen LogP contribution in [0.3, 0.4) is 0 Å². The van der Waals surface area contributed by atoms with Crippen LogP contribution in [-0.2, 0) is 20.9 Å². The monoisotopic (exact) mass is 423 g/mol. The molecule has 1 aliphatic heterocycles. The van der Waals surface area contributed by atoms with E-state index >= 15 is 0 Å². The fraction of sp³-hybridized carbons (Fsp3) is 0.375. The molecule has 2 atom stereocenters. The third kappa shape index (κ3) is 5.49. The second-order valence-corrected chi connectivity index (χ2v) is 7.93. The summed E-state index contributed by atoms with van der Waals surface area (Å²) in [5.74, 6) is -0.960. The lowest BCUT2D eigenvalue weighted by atomic mass is 10.1. The van der Waals surface area contributed by atoms with Gasteiger partial charge in [0.25, 0.3) is 5.91 Å². The highest BCUT2D eigenvalue weighted by Gasteiger charge is 2.36. The molecular weight excluding hydrogens is 394 g/mol. The van der Waals surface area contributed by atoms with E-state index in [2.05, 4.69) is 5.32 Å². The number of carbonyl (C=O) groups is 3. The molecule has 2 aromatic rings. The maximum atomic E-state index is 13.0. The number of para-hydroxylation sites is 1. The molecule has 1 N–H and O–H groups in total. The topological polar surface area (TPSA) is 79.0 Å². The van der Waals surface area contributed by atoms with Crippen molar-refractivity contribution in [1.82, 2.24) is 9.80 Å². The summed E-state index contributed by atoms with van der Waals surface area (Å²) in [7, 11) is 3.32. The molecule has 1 saturated heterocycles. The zero-order valence-corrected chi connectivity index (χ0v) is 18.2. The first-order valence-electron chi connectivity index (χ1n) is 10.4. The Hall–Kier alpha value is -3.19. The van der Waals surface area contributed by atoms with Crippen molar-refractivity contribution in [2.45, 2.75) is 25.9 Å². The summed E-state index contributed by atoms with van der Waals surface area (Å²) in [4.78, 5) is 41.5. The van der Waals surface area contributed by atoms with Gasteiger partial charge in [0.1, 0.15) is 0 Å². The fourth-order valence-corrected chi connectivity index (χ4v) is 3.81. The predicted molar refractivity (Wildman–Crippen MR) is 118 cm³/mol. The van der Waals surface area contributed by atoms with Crippen LogP contribution in [0, 0.1) is 5.92 Å². The van der Waals surface area contributed by atoms with Crippen LogP contribution in [0.5, 0.6) is 0 Å². The Morgan fingerprint density at radius 2 is 1.84 bits per heavy atom. The second kappa shape index (κ2) is 10.2. The quantitative estimate of drug-likeness (QED) is 0.708. The minimum atomic E-state index is -0.461. The summed E-state index contributed by atoms with van der Waals surface area (Å²) in [5.41, 5.74) is 1.89. The second-order valence-electron chi connectivity index (χ2n) is 7.93. The molecule has 1 heterocycles. The molecule has 0 bridgehead atoms. The number of ether oxygens (including phenoxy) is 1. The molecule has 7 heteroatoms. The molecule has 1 aliphatic rings. The summed E-state index contributed by atoms with van der Waals surface area (Å²) in [6.45, 7) is 3.13. The Morgan fingerprint density at radius 3 is 2.55 bits per heavy atom. The molecule has 0 unspecified atom stereocenters. The highest BCUT2D eigenvalue weighted by molar-refractivity contribution is 6.05. The van der Waals surface area contributed by atoms with Gasteiger partial charge < -0.3 is 19.9 Å². The summed E-state index contributed by atoms with van der Waals surface area (Å²) in [6.07, 6.45) is 0.157. The van der Waals surface area contributed by atoms with E-state index < -0.39 is 5.92 Å². The van der Waals surface area contributed by atoms with Crippen LogP contribution in [0.2, 0.25) is 0 Å². The number of carbonyl (C=O) groups excluding carboxylic acids is 3. The van der Waals surface area contributed by atoms with E-state index in [1.54, 1.807) is 48.2 Å². The van der Waals surface area contributed by atoms with Gasteiger partial charge in [0.15, 0.2) is 0 Å². The number of methoxy groups -OCH3 is 1. The summed E-state index contributed by atoms with van der Waals surface area (Å²) >= 11 is 0. The van der Waals surface area contributed by atoms with Crippen molar-refractivity contribution in [2.75, 3.05) is 32.6 Å². The standard InChI is InChI=1S/C24H29N3O4/c1-17(16-31-3)27-15-19(13-22(27)28)23(29)25-21-12-8-7-11-20(21)24(30)26(2)14-18-9-5-4-6-10-18/h4-12,17,19H,13-16H2,1-3H3,(H,25,29)/t17-,19+/m0/s1. The van der Waals surface area contributed by atoms with E-state index in [1.807, 2.05) is 37.3 Å². The number of hydrogen-bond acceptors (Lipinski definition) is 4. The third-order valence-corrected chi connectivity index (χ3v) is 5.49. The predicted octanol–water partition coefficient (Wildman–Crippen LogP) is 2.78. The van der Waals surface area contributed by atoms with Gasteiger partial charge in [-0.05, 0) is 24.6 Å². The molecule has 2 aromatic carbocycles. The Morgan fingerprint density at radius 1 is 1.16 bits per heavy atom. The van der Waals surface area contributed by atoms with Gasteiger partial charge in [0.2, 0.25) is 11.8 Å². The van der Waals surface area contributed by atoms with Crippen LogP contribution in [0.4, 0.5) is 5.69 Å². The van der Waals surface area contributed by atoms with Crippen molar-refractivity contribution in [2.24, 2.45) is 5.92 Å². The largest absolute Gasteiger partial charge is 0.383 e. The van der Waals surface area contributed by atoms with Crippen molar-refractivity contribution in [1.29, 1.82) is 0 Å². The number of likely N-dealkylation sites (tertiary alicyclic amines) is 1. The molecule has 164 valence electrons. The van der Waals surface area contributed by atoms with Gasteiger partial charge >= 0.3 is 0 Å². The first-order valence-corrected chi connectivity index (χ1v) is 10.4. The number of anilines is 1. The molecule has 0 saturated carbocycles. The van der Waals surface area contributed by atoms with Gasteiger partial charge in [-0.2, -0.15) is 0 Å². The van der Waals surface area contributed by atoms with Crippen LogP contribution in [0.1, 0.15) is 29.3 Å². The van der Waals surface area contributed by atoms with E-state index in [4.69, 9.17) is 4.74 Å². The van der Waals surface area contributed by atoms with E-state index in [0.29, 0.717) is 30.9 Å². The molecule has 0 aliphatic carbocycles. The minimum Gasteiger partial charge on any atom is -0.383 e. The van der Waals surface area contributed by atoms with Crippen LogP contribution in [-0.4, -0.2) is 60.9 Å². The van der Waals surface area contributed by atoms with Crippen molar-refractivity contribution in [3.8, 4) is 0 Å². The highest BCUT2D eigenvalue weighted by Crippen LogP contribution is 2.24. The first-order chi connectivity index (χ1) is 14.9. The van der Waals surface area contributed by atoms with Gasteiger partial charge in [0, 0.05) is 33.7 Å². The average molecular weight is 424 g/mol. The van der Waals surface area contributed by atoms with Gasteiger partial charge in [-0.15, -0.1) is 0 Å². The van der Waals surface area contributed by atoms with E-state index in [0.717, 1.165) is 5.56 Å². The van der Waals surface area contributed by atoms with Gasteiger partial charge in [-0.25, -0.2) is 0 Å². The lowest BCUT2D eigenvalue weighted by Crippen LogP contribution is -2.38. The number of benzene rings is 2. The molecule has 0 radical (unpaired) electrons. The number of rotatable bonds is 8. The van der Waals surface area contributed by atoms with E-state index in [9.17, 15) is 14.4 Å². The zero-order chi connectivity index (χ0) is 22.4. The molecule has 0 aromatic heterocycles. The molecule has 7 nitrogen and oxygen atoms in total. The lowest BCUT2D eigenvalue weighted by molar-refractivity contribution is -0.130. The van der Waals surface area contributed by atoms with Crippen molar-refractivity contribution < 1.29 is 19.1 Å². The minimum absolute atomic E-state index is 0.0587. The molecule has 3 rings (SSSR count). The number of nitrogens with zero attached hydrogens (tertiary/aromatic N) is 2. The molecule has 0 spiro atoms. The van der Waals surface area contributed by atoms with Gasteiger partial charge in [-0.3, -0.25) is 14.4 Å². The van der Waals surface area contributed by atoms with E-state index in [1.165, 1.54) is 0 Å². The van der Waals surface area contributed by atoms with E-state index in [-0.39, 0.29) is 30.2 Å². The van der Waals surface area contributed by atoms with Crippen molar-refractivity contribution in [3.63, 3.8) is 0 Å². The smallest absolute Gasteiger partial charge is 0.256 e. The Labute approximate surface area is 183 Å². The molecule has 31 heavy (non-hydrogen) atoms. The Balaban J connectivity index is 1.68. The molecule has 1 fully saturated rings. The maximum Gasteiger partial charge on any atom is 0.256 e. The van der Waals surface area contributed by atoms with Crippen LogP contribution >= 0.6 is 0 Å². The SMILES string of the molecule is COC[C@H](C)N1C[C@H](C(=O)Nc2ccccc2C(=O)N(C)Cc2ccccc2)CC1=O. The highest BCUT2D eigenvalue weighted by atomic mass is 16.5. The lowest BCUT2D eigenvalue weighted by Gasteiger charge is -2.24. The summed E-state index contributed by atoms with van der Waals surface area (Å²) in [5, 5.41) is 2.87. The Bertz CT molecular complexity index is 931. The van der Waals surface area contributed by atoms with Crippen LogP contribution in [0.15, 0.2) is 54.6 Å². The number of hydrogen-bond donors (Lipinski definition) is 1. The van der Waals surface area contributed by atoms with Gasteiger partial charge in [-0.1, -0.05) is 42.5 Å². The number of nitrogens with one attached hydrogen (secondary N) is 1. The van der Waals surface area contributed by atoms with Crippen LogP contribution in [0.25, 0.3) is 0 Å². The normalized spacial score (nSPS) is 16.8. The Kier molecular flexibility index (Phi) is 7.41. The first kappa shape index (κ1) is 22.5. The summed E-state index contributed by atoms with van der Waals surface area (Å²) < 4.78 is 5.13. The average Bonchev–Trinajstić information content (AvgIpc) is 3.16. The summed E-state index contributed by atoms with van der Waals surface area (Å²) in [6, 6.07) is 16.6. The van der Waals surface area contributed by atoms with Crippen LogP contribution < -0.4 is 5.32 Å². The molecule has 3 amide bonds. The maximum absolute atomic E-state index is 13.0. The third-order valence-electron chi connectivity index (χ3n) is 5.49. The number of amides is 3. The van der Waals surface area contributed by atoms with Crippen molar-refractivity contribution in [3.05, 3.63) is 65.7 Å². The molecular formula is C24H29N3O4. The van der Waals surface area contributed by atoms with Gasteiger partial charge in [0.05, 0.1) is 29.8 Å². The fourth-order valence-electron chi connectivity index (χ4n) is 3.81. The zero-order valence-electron chi connectivity index (χ0n) is 18.2. The van der Waals surface area contributed by atoms with Crippen molar-refractivity contribution >= 4 is 23.4 Å².